The summed E-state index contributed by atoms with van der Waals surface area (Å²) >= 11 is 0. The molecule has 0 spiro atoms. The minimum atomic E-state index is -4.77. The summed E-state index contributed by atoms with van der Waals surface area (Å²) in [5.74, 6) is -1.08. The van der Waals surface area contributed by atoms with Crippen LogP contribution >= 0.6 is 0 Å². The molecule has 0 radical (unpaired) electrons. The molecule has 0 aliphatic heterocycles. The second kappa shape index (κ2) is 10.5. The monoisotopic (exact) mass is 565 g/mol. The van der Waals surface area contributed by atoms with Gasteiger partial charge in [-0.1, -0.05) is 38.1 Å². The van der Waals surface area contributed by atoms with E-state index in [4.69, 9.17) is 0 Å². The van der Waals surface area contributed by atoms with Crippen LogP contribution in [0.15, 0.2) is 55.1 Å². The van der Waals surface area contributed by atoms with Crippen LogP contribution in [-0.4, -0.2) is 46.0 Å². The fourth-order valence-corrected chi connectivity index (χ4v) is 4.33. The van der Waals surface area contributed by atoms with Crippen LogP contribution in [0.25, 0.3) is 16.9 Å². The van der Waals surface area contributed by atoms with Crippen LogP contribution in [0.5, 0.6) is 0 Å². The summed E-state index contributed by atoms with van der Waals surface area (Å²) in [5.41, 5.74) is 0.815. The number of alkyl halides is 3. The first-order chi connectivity index (χ1) is 19.4. The van der Waals surface area contributed by atoms with Gasteiger partial charge in [-0.3, -0.25) is 19.0 Å². The molecule has 4 aromatic heterocycles. The van der Waals surface area contributed by atoms with Crippen molar-refractivity contribution < 1.29 is 22.8 Å². The third kappa shape index (κ3) is 5.53. The lowest BCUT2D eigenvalue weighted by Gasteiger charge is -2.12. The van der Waals surface area contributed by atoms with Gasteiger partial charge in [0.25, 0.3) is 11.8 Å². The van der Waals surface area contributed by atoms with Crippen LogP contribution in [0.2, 0.25) is 0 Å². The van der Waals surface area contributed by atoms with Crippen LogP contribution in [0.3, 0.4) is 0 Å². The zero-order valence-electron chi connectivity index (χ0n) is 22.6. The highest BCUT2D eigenvalue weighted by Crippen LogP contribution is 2.33. The van der Waals surface area contributed by atoms with Gasteiger partial charge < -0.3 is 10.6 Å². The molecule has 41 heavy (non-hydrogen) atoms. The van der Waals surface area contributed by atoms with E-state index in [1.807, 2.05) is 26.0 Å². The Bertz CT molecular complexity index is 1750. The highest BCUT2D eigenvalue weighted by molar-refractivity contribution is 6.11. The molecular formula is C27H26F3N9O2. The maximum absolute atomic E-state index is 14.0. The second-order valence-electron chi connectivity index (χ2n) is 9.78. The Morgan fingerprint density at radius 3 is 2.34 bits per heavy atom. The number of carbonyl (C=O) groups is 2. The van der Waals surface area contributed by atoms with Gasteiger partial charge in [0.05, 0.1) is 30.0 Å². The van der Waals surface area contributed by atoms with Gasteiger partial charge in [-0.15, -0.1) is 0 Å². The third-order valence-corrected chi connectivity index (χ3v) is 6.49. The standard InChI is InChI=1S/C27H26F3N9O2/c1-15(2)17-5-7-18(8-6-17)20-9-22(27(28,29)30)39-24(35-20)19(12-34-39)25(40)36-21-13-33-38(4)23(21)26(41)31-10-16-11-32-37(3)14-16/h5-9,11-15H,10H2,1-4H3,(H,31,41)(H,36,40). The molecule has 4 heterocycles. The van der Waals surface area contributed by atoms with E-state index in [9.17, 15) is 22.8 Å². The molecule has 5 rings (SSSR count). The van der Waals surface area contributed by atoms with Crippen molar-refractivity contribution in [2.75, 3.05) is 5.32 Å². The maximum atomic E-state index is 14.0. The fourth-order valence-electron chi connectivity index (χ4n) is 4.33. The Labute approximate surface area is 232 Å². The minimum absolute atomic E-state index is 0.0338. The average molecular weight is 566 g/mol. The molecule has 0 bridgehead atoms. The molecule has 0 aliphatic rings. The van der Waals surface area contributed by atoms with Crippen LogP contribution < -0.4 is 10.6 Å². The molecule has 0 aliphatic carbocycles. The SMILES string of the molecule is CC(C)c1ccc(-c2cc(C(F)(F)F)n3ncc(C(=O)Nc4cnn(C)c4C(=O)NCc4cnn(C)c4)c3n2)cc1. The van der Waals surface area contributed by atoms with E-state index < -0.39 is 23.7 Å². The largest absolute Gasteiger partial charge is 0.433 e. The molecule has 0 atom stereocenters. The van der Waals surface area contributed by atoms with E-state index in [1.54, 1.807) is 36.3 Å². The van der Waals surface area contributed by atoms with E-state index >= 15 is 0 Å². The van der Waals surface area contributed by atoms with Crippen molar-refractivity contribution in [2.24, 2.45) is 14.1 Å². The van der Waals surface area contributed by atoms with Gasteiger partial charge >= 0.3 is 6.18 Å². The van der Waals surface area contributed by atoms with Crippen LogP contribution in [0.1, 0.15) is 57.4 Å². The number of hydrogen-bond donors (Lipinski definition) is 2. The van der Waals surface area contributed by atoms with E-state index in [-0.39, 0.29) is 40.7 Å². The predicted molar refractivity (Wildman–Crippen MR) is 143 cm³/mol. The van der Waals surface area contributed by atoms with Crippen molar-refractivity contribution in [3.63, 3.8) is 0 Å². The second-order valence-corrected chi connectivity index (χ2v) is 9.78. The maximum Gasteiger partial charge on any atom is 0.433 e. The number of halogens is 3. The van der Waals surface area contributed by atoms with Crippen molar-refractivity contribution in [1.82, 2.24) is 39.5 Å². The van der Waals surface area contributed by atoms with Crippen molar-refractivity contribution in [1.29, 1.82) is 0 Å². The molecule has 0 saturated carbocycles. The fraction of sp³-hybridized carbons (Fsp3) is 0.259. The number of carbonyl (C=O) groups excluding carboxylic acids is 2. The van der Waals surface area contributed by atoms with Crippen LogP contribution in [-0.2, 0) is 26.8 Å². The Balaban J connectivity index is 1.47. The number of rotatable bonds is 7. The number of nitrogens with zero attached hydrogens (tertiary/aromatic N) is 7. The first kappa shape index (κ1) is 27.6. The van der Waals surface area contributed by atoms with Gasteiger partial charge in [-0.05, 0) is 17.5 Å². The van der Waals surface area contributed by atoms with Gasteiger partial charge in [0.15, 0.2) is 11.3 Å². The Morgan fingerprint density at radius 2 is 1.71 bits per heavy atom. The Morgan fingerprint density at radius 1 is 0.976 bits per heavy atom. The Hall–Kier alpha value is -5.01. The highest BCUT2D eigenvalue weighted by atomic mass is 19.4. The lowest BCUT2D eigenvalue weighted by Crippen LogP contribution is -2.26. The number of aryl methyl sites for hydroxylation is 2. The van der Waals surface area contributed by atoms with Gasteiger partial charge in [0, 0.05) is 38.0 Å². The first-order valence-electron chi connectivity index (χ1n) is 12.6. The van der Waals surface area contributed by atoms with E-state index in [0.29, 0.717) is 10.1 Å². The topological polar surface area (TPSA) is 124 Å². The van der Waals surface area contributed by atoms with E-state index in [0.717, 1.165) is 23.4 Å². The van der Waals surface area contributed by atoms with Gasteiger partial charge in [0.1, 0.15) is 11.3 Å². The summed E-state index contributed by atoms with van der Waals surface area (Å²) < 4.78 is 45.6. The summed E-state index contributed by atoms with van der Waals surface area (Å²) in [6, 6.07) is 7.93. The number of nitrogens with one attached hydrogen (secondary N) is 2. The number of benzene rings is 1. The van der Waals surface area contributed by atoms with Gasteiger partial charge in [0.2, 0.25) is 0 Å². The number of hydrogen-bond acceptors (Lipinski definition) is 6. The Kier molecular flexibility index (Phi) is 7.07. The predicted octanol–water partition coefficient (Wildman–Crippen LogP) is 4.19. The molecule has 1 aromatic carbocycles. The molecule has 11 nitrogen and oxygen atoms in total. The van der Waals surface area contributed by atoms with Crippen LogP contribution in [0.4, 0.5) is 18.9 Å². The first-order valence-corrected chi connectivity index (χ1v) is 12.6. The molecule has 212 valence electrons. The smallest absolute Gasteiger partial charge is 0.346 e. The molecule has 2 amide bonds. The summed E-state index contributed by atoms with van der Waals surface area (Å²) in [5, 5.41) is 17.2. The average Bonchev–Trinajstić information content (AvgIpc) is 3.64. The number of anilines is 1. The summed E-state index contributed by atoms with van der Waals surface area (Å²) in [6.45, 7) is 4.21. The van der Waals surface area contributed by atoms with Crippen molar-refractivity contribution in [3.8, 4) is 11.3 Å². The van der Waals surface area contributed by atoms with E-state index in [2.05, 4.69) is 30.9 Å². The van der Waals surface area contributed by atoms with Gasteiger partial charge in [-0.25, -0.2) is 9.50 Å². The molecular weight excluding hydrogens is 539 g/mol. The van der Waals surface area contributed by atoms with Crippen molar-refractivity contribution in [3.05, 3.63) is 83.2 Å². The normalized spacial score (nSPS) is 11.8. The van der Waals surface area contributed by atoms with Crippen molar-refractivity contribution in [2.45, 2.75) is 32.5 Å². The molecule has 14 heteroatoms. The molecule has 2 N–H and O–H groups in total. The molecule has 0 fully saturated rings. The minimum Gasteiger partial charge on any atom is -0.346 e. The number of fused-ring (bicyclic) bond motifs is 1. The zero-order chi connectivity index (χ0) is 29.5. The quantitative estimate of drug-likeness (QED) is 0.305. The lowest BCUT2D eigenvalue weighted by atomic mass is 10.0. The summed E-state index contributed by atoms with van der Waals surface area (Å²) in [7, 11) is 3.27. The molecule has 5 aromatic rings. The van der Waals surface area contributed by atoms with E-state index in [1.165, 1.54) is 17.9 Å². The zero-order valence-corrected chi connectivity index (χ0v) is 22.6. The summed E-state index contributed by atoms with van der Waals surface area (Å²) in [4.78, 5) is 30.6. The number of amides is 2. The van der Waals surface area contributed by atoms with Crippen molar-refractivity contribution >= 4 is 23.1 Å². The van der Waals surface area contributed by atoms with Gasteiger partial charge in [-0.2, -0.15) is 28.5 Å². The lowest BCUT2D eigenvalue weighted by molar-refractivity contribution is -0.142. The number of aromatic nitrogens is 7. The molecule has 0 saturated heterocycles. The summed E-state index contributed by atoms with van der Waals surface area (Å²) in [6.07, 6.45) is 0.867. The highest BCUT2D eigenvalue weighted by Gasteiger charge is 2.36. The molecule has 0 unspecified atom stereocenters. The van der Waals surface area contributed by atoms with Crippen LogP contribution in [0, 0.1) is 0 Å². The third-order valence-electron chi connectivity index (χ3n) is 6.49.